The van der Waals surface area contributed by atoms with Crippen LogP contribution in [0.15, 0.2) is 29.2 Å². The van der Waals surface area contributed by atoms with Crippen LogP contribution in [0, 0.1) is 0 Å². The molecule has 2 aromatic rings. The Hall–Kier alpha value is -2.69. The molecule has 1 N–H and O–H groups in total. The van der Waals surface area contributed by atoms with Crippen molar-refractivity contribution in [1.82, 2.24) is 0 Å². The van der Waals surface area contributed by atoms with E-state index in [4.69, 9.17) is 28.4 Å². The molecule has 0 aliphatic carbocycles. The van der Waals surface area contributed by atoms with Crippen LogP contribution < -0.4 is 23.7 Å². The first kappa shape index (κ1) is 26.9. The zero-order valence-electron chi connectivity index (χ0n) is 21.0. The highest BCUT2D eigenvalue weighted by atomic mass is 32.2. The fourth-order valence-electron chi connectivity index (χ4n) is 4.27. The van der Waals surface area contributed by atoms with Crippen LogP contribution in [0.25, 0.3) is 0 Å². The van der Waals surface area contributed by atoms with Crippen LogP contribution in [0.5, 0.6) is 28.7 Å². The minimum absolute atomic E-state index is 0.0190. The lowest BCUT2D eigenvalue weighted by atomic mass is 10.0. The van der Waals surface area contributed by atoms with E-state index in [0.717, 1.165) is 5.56 Å². The summed E-state index contributed by atoms with van der Waals surface area (Å²) in [5, 5.41) is 9.76. The molecule has 2 aromatic carbocycles. The molecule has 3 atom stereocenters. The van der Waals surface area contributed by atoms with E-state index in [0.29, 0.717) is 41.4 Å². The molecule has 1 heterocycles. The van der Waals surface area contributed by atoms with Gasteiger partial charge in [0.25, 0.3) is 0 Å². The van der Waals surface area contributed by atoms with Crippen molar-refractivity contribution in [3.05, 3.63) is 35.4 Å². The predicted molar refractivity (Wildman–Crippen MR) is 130 cm³/mol. The normalized spacial score (nSPS) is 18.7. The lowest BCUT2D eigenvalue weighted by molar-refractivity contribution is 0.0435. The summed E-state index contributed by atoms with van der Waals surface area (Å²) in [4.78, 5) is -0.0190. The summed E-state index contributed by atoms with van der Waals surface area (Å²) < 4.78 is 60.0. The molecule has 3 rings (SSSR count). The maximum Gasteiger partial charge on any atom is 0.203 e. The number of hydrogen-bond acceptors (Lipinski definition) is 9. The van der Waals surface area contributed by atoms with Crippen molar-refractivity contribution < 1.29 is 41.9 Å². The predicted octanol–water partition coefficient (Wildman–Crippen LogP) is 3.87. The van der Waals surface area contributed by atoms with Gasteiger partial charge in [0.1, 0.15) is 4.90 Å². The first-order chi connectivity index (χ1) is 16.7. The van der Waals surface area contributed by atoms with Gasteiger partial charge in [-0.2, -0.15) is 0 Å². The highest BCUT2D eigenvalue weighted by molar-refractivity contribution is 7.91. The van der Waals surface area contributed by atoms with Gasteiger partial charge in [-0.3, -0.25) is 0 Å². The molecule has 0 spiro atoms. The van der Waals surface area contributed by atoms with Gasteiger partial charge in [-0.15, -0.1) is 0 Å². The topological polar surface area (TPSA) is 110 Å². The van der Waals surface area contributed by atoms with Gasteiger partial charge in [-0.25, -0.2) is 8.42 Å². The minimum Gasteiger partial charge on any atom is -0.493 e. The fourth-order valence-corrected chi connectivity index (χ4v) is 5.85. The average molecular weight is 511 g/mol. The molecule has 1 aliphatic rings. The quantitative estimate of drug-likeness (QED) is 0.482. The van der Waals surface area contributed by atoms with Crippen molar-refractivity contribution >= 4 is 9.84 Å². The van der Waals surface area contributed by atoms with Crippen LogP contribution in [-0.4, -0.2) is 60.4 Å². The molecule has 0 radical (unpaired) electrons. The van der Waals surface area contributed by atoms with E-state index in [1.807, 2.05) is 12.1 Å². The largest absolute Gasteiger partial charge is 0.493 e. The van der Waals surface area contributed by atoms with E-state index in [2.05, 4.69) is 0 Å². The lowest BCUT2D eigenvalue weighted by Gasteiger charge is -2.21. The first-order valence-corrected chi connectivity index (χ1v) is 13.0. The second kappa shape index (κ2) is 11.4. The highest BCUT2D eigenvalue weighted by Gasteiger charge is 2.33. The maximum absolute atomic E-state index is 13.1. The van der Waals surface area contributed by atoms with E-state index < -0.39 is 21.7 Å². The van der Waals surface area contributed by atoms with Gasteiger partial charge in [0, 0.05) is 0 Å². The number of benzene rings is 2. The summed E-state index contributed by atoms with van der Waals surface area (Å²) in [5.41, 5.74) is 1.52. The molecule has 0 bridgehead atoms. The molecule has 3 unspecified atom stereocenters. The molecule has 194 valence electrons. The third-order valence-electron chi connectivity index (χ3n) is 5.80. The molecule has 9 nitrogen and oxygen atoms in total. The van der Waals surface area contributed by atoms with Crippen molar-refractivity contribution in [2.75, 3.05) is 40.8 Å². The number of aliphatic hydroxyl groups is 1. The first-order valence-electron chi connectivity index (χ1n) is 11.4. The van der Waals surface area contributed by atoms with E-state index in [9.17, 15) is 13.5 Å². The van der Waals surface area contributed by atoms with E-state index in [1.165, 1.54) is 14.0 Å². The smallest absolute Gasteiger partial charge is 0.203 e. The molecule has 10 heteroatoms. The minimum atomic E-state index is -3.85. The Morgan fingerprint density at radius 3 is 1.80 bits per heavy atom. The molecule has 1 fully saturated rings. The molecule has 0 amide bonds. The number of hydrogen-bond donors (Lipinski definition) is 1. The summed E-state index contributed by atoms with van der Waals surface area (Å²) in [6, 6.07) is 7.01. The Bertz CT molecular complexity index is 1100. The van der Waals surface area contributed by atoms with E-state index in [-0.39, 0.29) is 29.5 Å². The number of aliphatic hydroxyl groups excluding tert-OH is 1. The zero-order valence-corrected chi connectivity index (χ0v) is 21.8. The Morgan fingerprint density at radius 2 is 1.37 bits per heavy atom. The summed E-state index contributed by atoms with van der Waals surface area (Å²) in [6.07, 6.45) is -0.299. The van der Waals surface area contributed by atoms with Crippen molar-refractivity contribution in [3.8, 4) is 28.7 Å². The fraction of sp³-hybridized carbons (Fsp3) is 0.520. The number of rotatable bonds is 11. The van der Waals surface area contributed by atoms with Crippen LogP contribution in [0.1, 0.15) is 50.0 Å². The van der Waals surface area contributed by atoms with Gasteiger partial charge in [0.2, 0.25) is 5.75 Å². The average Bonchev–Trinajstić information content (AvgIpc) is 3.32. The third kappa shape index (κ3) is 5.76. The van der Waals surface area contributed by atoms with Gasteiger partial charge < -0.3 is 33.5 Å². The molecule has 0 saturated carbocycles. The van der Waals surface area contributed by atoms with Crippen LogP contribution in [0.4, 0.5) is 0 Å². The molecular formula is C25H34O9S. The summed E-state index contributed by atoms with van der Waals surface area (Å²) in [5.74, 6) is 1.56. The van der Waals surface area contributed by atoms with Gasteiger partial charge in [0.05, 0.1) is 59.1 Å². The van der Waals surface area contributed by atoms with Crippen molar-refractivity contribution in [2.24, 2.45) is 0 Å². The van der Waals surface area contributed by atoms with Gasteiger partial charge in [0.15, 0.2) is 32.8 Å². The number of methoxy groups -OCH3 is 4. The maximum atomic E-state index is 13.1. The summed E-state index contributed by atoms with van der Waals surface area (Å²) >= 11 is 0. The summed E-state index contributed by atoms with van der Waals surface area (Å²) in [7, 11) is 2.27. The molecule has 1 aliphatic heterocycles. The molecule has 0 aromatic heterocycles. The molecule has 1 saturated heterocycles. The van der Waals surface area contributed by atoms with E-state index in [1.54, 1.807) is 40.4 Å². The highest BCUT2D eigenvalue weighted by Crippen LogP contribution is 2.48. The van der Waals surface area contributed by atoms with Crippen LogP contribution in [0.3, 0.4) is 0 Å². The third-order valence-corrected chi connectivity index (χ3v) is 7.69. The van der Waals surface area contributed by atoms with Gasteiger partial charge in [-0.1, -0.05) is 0 Å². The van der Waals surface area contributed by atoms with E-state index >= 15 is 0 Å². The Balaban J connectivity index is 1.99. The Morgan fingerprint density at radius 1 is 0.886 bits per heavy atom. The number of ether oxygens (including phenoxy) is 6. The monoisotopic (exact) mass is 510 g/mol. The Labute approximate surface area is 206 Å². The van der Waals surface area contributed by atoms with Crippen LogP contribution >= 0.6 is 0 Å². The Kier molecular flexibility index (Phi) is 8.74. The van der Waals surface area contributed by atoms with Gasteiger partial charge >= 0.3 is 0 Å². The second-order valence-corrected chi connectivity index (χ2v) is 10.3. The second-order valence-electron chi connectivity index (χ2n) is 8.26. The van der Waals surface area contributed by atoms with Crippen molar-refractivity contribution in [1.29, 1.82) is 0 Å². The zero-order chi connectivity index (χ0) is 25.8. The van der Waals surface area contributed by atoms with Crippen LogP contribution in [-0.2, 0) is 14.6 Å². The summed E-state index contributed by atoms with van der Waals surface area (Å²) in [6.45, 7) is 3.46. The number of sulfone groups is 1. The SMILES string of the molecule is CCOc1c(OC)cc(C2CCC(c3cc(OC)c(OC)c(OC)c3)O2)cc1S(=O)(=O)CC(C)O. The standard InChI is InChI=1S/C25H34O9S/c1-7-33-25-22(31-5)12-17(13-23(25)35(27,28)14-15(2)26)19-9-8-18(34-19)16-10-20(29-3)24(32-6)21(11-16)30-4/h10-13,15,18-19,26H,7-9,14H2,1-6H3. The van der Waals surface area contributed by atoms with Crippen molar-refractivity contribution in [3.63, 3.8) is 0 Å². The molecular weight excluding hydrogens is 476 g/mol. The lowest BCUT2D eigenvalue weighted by Crippen LogP contribution is -2.19. The van der Waals surface area contributed by atoms with Crippen molar-refractivity contribution in [2.45, 2.75) is 49.9 Å². The van der Waals surface area contributed by atoms with Crippen LogP contribution in [0.2, 0.25) is 0 Å². The molecule has 35 heavy (non-hydrogen) atoms. The van der Waals surface area contributed by atoms with Gasteiger partial charge in [-0.05, 0) is 62.1 Å².